The fourth-order valence-electron chi connectivity index (χ4n) is 1.95. The van der Waals surface area contributed by atoms with Crippen LogP contribution in [0.25, 0.3) is 0 Å². The molecule has 1 heterocycles. The average Bonchev–Trinajstić information content (AvgIpc) is 3.03. The minimum Gasteiger partial charge on any atom is -0.378 e. The summed E-state index contributed by atoms with van der Waals surface area (Å²) in [6.45, 7) is 4.98. The first-order valence-corrected chi connectivity index (χ1v) is 6.37. The summed E-state index contributed by atoms with van der Waals surface area (Å²) < 4.78 is 5.61. The lowest BCUT2D eigenvalue weighted by molar-refractivity contribution is 0.0268. The van der Waals surface area contributed by atoms with E-state index in [4.69, 9.17) is 17.0 Å². The molecule has 4 heteroatoms. The number of thiocarbonyl (C=S) groups is 1. The molecular weight excluding hydrogens is 208 g/mol. The molecule has 1 aliphatic carbocycles. The van der Waals surface area contributed by atoms with Gasteiger partial charge in [-0.05, 0) is 44.8 Å². The molecule has 0 unspecified atom stereocenters. The van der Waals surface area contributed by atoms with Gasteiger partial charge in [-0.25, -0.2) is 0 Å². The molecule has 0 spiro atoms. The first kappa shape index (κ1) is 11.1. The van der Waals surface area contributed by atoms with Crippen molar-refractivity contribution < 1.29 is 4.74 Å². The molecule has 0 amide bonds. The van der Waals surface area contributed by atoms with Crippen LogP contribution in [0.3, 0.4) is 0 Å². The quantitative estimate of drug-likeness (QED) is 0.740. The Labute approximate surface area is 97.2 Å². The molecule has 0 aromatic heterocycles. The van der Waals surface area contributed by atoms with Crippen molar-refractivity contribution >= 4 is 17.3 Å². The van der Waals surface area contributed by atoms with Crippen molar-refractivity contribution in [2.45, 2.75) is 44.8 Å². The summed E-state index contributed by atoms with van der Waals surface area (Å²) in [5.41, 5.74) is 0. The Bertz CT molecular complexity index is 223. The molecule has 1 saturated heterocycles. The van der Waals surface area contributed by atoms with Crippen LogP contribution in [-0.4, -0.2) is 41.9 Å². The Kier molecular flexibility index (Phi) is 3.81. The predicted molar refractivity (Wildman–Crippen MR) is 65.0 cm³/mol. The van der Waals surface area contributed by atoms with Gasteiger partial charge in [0.15, 0.2) is 5.11 Å². The molecule has 2 aliphatic rings. The molecule has 1 N–H and O–H groups in total. The van der Waals surface area contributed by atoms with Gasteiger partial charge in [-0.1, -0.05) is 0 Å². The van der Waals surface area contributed by atoms with Crippen LogP contribution in [0.15, 0.2) is 0 Å². The zero-order valence-corrected chi connectivity index (χ0v) is 10.2. The standard InChI is InChI=1S/C11H20N2OS/c1-2-14-10-5-7-13(8-6-10)11(15)12-9-3-4-9/h9-10H,2-8H2,1H3,(H,12,15). The van der Waals surface area contributed by atoms with E-state index in [1.807, 2.05) is 0 Å². The van der Waals surface area contributed by atoms with E-state index in [0.29, 0.717) is 12.1 Å². The third-order valence-electron chi connectivity index (χ3n) is 3.04. The van der Waals surface area contributed by atoms with Crippen LogP contribution >= 0.6 is 12.2 Å². The van der Waals surface area contributed by atoms with Crippen LogP contribution in [0.4, 0.5) is 0 Å². The molecule has 0 bridgehead atoms. The van der Waals surface area contributed by atoms with E-state index in [1.54, 1.807) is 0 Å². The summed E-state index contributed by atoms with van der Waals surface area (Å²) in [5.74, 6) is 0. The van der Waals surface area contributed by atoms with Gasteiger partial charge in [0.1, 0.15) is 0 Å². The van der Waals surface area contributed by atoms with Crippen molar-refractivity contribution in [1.29, 1.82) is 0 Å². The number of piperidine rings is 1. The molecule has 0 radical (unpaired) electrons. The molecule has 15 heavy (non-hydrogen) atoms. The normalized spacial score (nSPS) is 22.9. The average molecular weight is 228 g/mol. The Morgan fingerprint density at radius 1 is 1.33 bits per heavy atom. The Balaban J connectivity index is 1.69. The Morgan fingerprint density at radius 2 is 2.00 bits per heavy atom. The van der Waals surface area contributed by atoms with Gasteiger partial charge in [0.2, 0.25) is 0 Å². The summed E-state index contributed by atoms with van der Waals surface area (Å²) in [6.07, 6.45) is 5.25. The van der Waals surface area contributed by atoms with E-state index in [2.05, 4.69) is 17.1 Å². The number of likely N-dealkylation sites (tertiary alicyclic amines) is 1. The molecule has 0 aromatic rings. The lowest BCUT2D eigenvalue weighted by Gasteiger charge is -2.33. The summed E-state index contributed by atoms with van der Waals surface area (Å²) in [5, 5.41) is 4.34. The molecule has 1 saturated carbocycles. The molecule has 0 atom stereocenters. The molecule has 2 fully saturated rings. The van der Waals surface area contributed by atoms with Gasteiger partial charge < -0.3 is 15.0 Å². The maximum atomic E-state index is 5.61. The number of nitrogens with zero attached hydrogens (tertiary/aromatic N) is 1. The molecule has 0 aromatic carbocycles. The lowest BCUT2D eigenvalue weighted by atomic mass is 10.1. The number of hydrogen-bond acceptors (Lipinski definition) is 2. The van der Waals surface area contributed by atoms with Crippen molar-refractivity contribution in [2.75, 3.05) is 19.7 Å². The molecule has 2 rings (SSSR count). The van der Waals surface area contributed by atoms with E-state index < -0.39 is 0 Å². The van der Waals surface area contributed by atoms with E-state index in [1.165, 1.54) is 12.8 Å². The van der Waals surface area contributed by atoms with Crippen LogP contribution < -0.4 is 5.32 Å². The SMILES string of the molecule is CCOC1CCN(C(=S)NC2CC2)CC1. The topological polar surface area (TPSA) is 24.5 Å². The second-order valence-corrected chi connectivity index (χ2v) is 4.75. The maximum absolute atomic E-state index is 5.61. The smallest absolute Gasteiger partial charge is 0.169 e. The Morgan fingerprint density at radius 3 is 2.53 bits per heavy atom. The second-order valence-electron chi connectivity index (χ2n) is 4.37. The number of nitrogens with one attached hydrogen (secondary N) is 1. The summed E-state index contributed by atoms with van der Waals surface area (Å²) in [4.78, 5) is 2.28. The van der Waals surface area contributed by atoms with Crippen LogP contribution in [0.1, 0.15) is 32.6 Å². The highest BCUT2D eigenvalue weighted by Crippen LogP contribution is 2.20. The minimum absolute atomic E-state index is 0.454. The number of rotatable bonds is 3. The van der Waals surface area contributed by atoms with Gasteiger partial charge in [-0.3, -0.25) is 0 Å². The van der Waals surface area contributed by atoms with Crippen LogP contribution in [0, 0.1) is 0 Å². The van der Waals surface area contributed by atoms with Gasteiger partial charge in [0, 0.05) is 25.7 Å². The summed E-state index contributed by atoms with van der Waals surface area (Å²) >= 11 is 5.37. The highest BCUT2D eigenvalue weighted by Gasteiger charge is 2.26. The highest BCUT2D eigenvalue weighted by atomic mass is 32.1. The highest BCUT2D eigenvalue weighted by molar-refractivity contribution is 7.80. The summed E-state index contributed by atoms with van der Waals surface area (Å²) in [6, 6.07) is 0.669. The monoisotopic (exact) mass is 228 g/mol. The second kappa shape index (κ2) is 5.12. The molecule has 3 nitrogen and oxygen atoms in total. The number of hydrogen-bond donors (Lipinski definition) is 1. The van der Waals surface area contributed by atoms with E-state index in [-0.39, 0.29) is 0 Å². The zero-order valence-electron chi connectivity index (χ0n) is 9.37. The third-order valence-corrected chi connectivity index (χ3v) is 3.41. The third kappa shape index (κ3) is 3.31. The van der Waals surface area contributed by atoms with Crippen LogP contribution in [-0.2, 0) is 4.74 Å². The molecular formula is C11H20N2OS. The fraction of sp³-hybridized carbons (Fsp3) is 0.909. The molecule has 86 valence electrons. The Hall–Kier alpha value is -0.350. The van der Waals surface area contributed by atoms with Gasteiger partial charge in [-0.15, -0.1) is 0 Å². The van der Waals surface area contributed by atoms with E-state index >= 15 is 0 Å². The van der Waals surface area contributed by atoms with Crippen molar-refractivity contribution in [3.05, 3.63) is 0 Å². The summed E-state index contributed by atoms with van der Waals surface area (Å²) in [7, 11) is 0. The largest absolute Gasteiger partial charge is 0.378 e. The fourth-order valence-corrected chi connectivity index (χ4v) is 2.30. The first-order valence-electron chi connectivity index (χ1n) is 5.96. The van der Waals surface area contributed by atoms with Crippen molar-refractivity contribution in [3.63, 3.8) is 0 Å². The predicted octanol–water partition coefficient (Wildman–Crippen LogP) is 1.52. The van der Waals surface area contributed by atoms with Crippen LogP contribution in [0.2, 0.25) is 0 Å². The van der Waals surface area contributed by atoms with Crippen molar-refractivity contribution in [3.8, 4) is 0 Å². The van der Waals surface area contributed by atoms with Gasteiger partial charge >= 0.3 is 0 Å². The van der Waals surface area contributed by atoms with Gasteiger partial charge in [-0.2, -0.15) is 0 Å². The van der Waals surface area contributed by atoms with Crippen molar-refractivity contribution in [1.82, 2.24) is 10.2 Å². The number of ether oxygens (including phenoxy) is 1. The first-order chi connectivity index (χ1) is 7.29. The molecule has 1 aliphatic heterocycles. The van der Waals surface area contributed by atoms with Gasteiger partial charge in [0.05, 0.1) is 6.10 Å². The lowest BCUT2D eigenvalue weighted by Crippen LogP contribution is -2.46. The van der Waals surface area contributed by atoms with E-state index in [0.717, 1.165) is 37.7 Å². The van der Waals surface area contributed by atoms with Crippen LogP contribution in [0.5, 0.6) is 0 Å². The maximum Gasteiger partial charge on any atom is 0.169 e. The van der Waals surface area contributed by atoms with Gasteiger partial charge in [0.25, 0.3) is 0 Å². The zero-order chi connectivity index (χ0) is 10.7. The van der Waals surface area contributed by atoms with E-state index in [9.17, 15) is 0 Å². The minimum atomic E-state index is 0.454. The van der Waals surface area contributed by atoms with Crippen molar-refractivity contribution in [2.24, 2.45) is 0 Å².